The van der Waals surface area contributed by atoms with Gasteiger partial charge in [-0.2, -0.15) is 0 Å². The predicted octanol–water partition coefficient (Wildman–Crippen LogP) is 4.34. The van der Waals surface area contributed by atoms with E-state index in [1.165, 1.54) is 12.8 Å². The maximum absolute atomic E-state index is 11.9. The first-order chi connectivity index (χ1) is 14.1. The minimum absolute atomic E-state index is 0.0739. The van der Waals surface area contributed by atoms with Crippen molar-refractivity contribution in [3.63, 3.8) is 0 Å². The van der Waals surface area contributed by atoms with Crippen molar-refractivity contribution in [2.24, 2.45) is 5.73 Å². The van der Waals surface area contributed by atoms with Gasteiger partial charge in [-0.1, -0.05) is 24.8 Å². The van der Waals surface area contributed by atoms with Crippen molar-refractivity contribution in [3.05, 3.63) is 42.0 Å². The van der Waals surface area contributed by atoms with E-state index in [0.29, 0.717) is 11.4 Å². The Morgan fingerprint density at radius 3 is 2.66 bits per heavy atom. The van der Waals surface area contributed by atoms with E-state index in [0.717, 1.165) is 41.7 Å². The van der Waals surface area contributed by atoms with Gasteiger partial charge in [-0.15, -0.1) is 0 Å². The minimum atomic E-state index is -0.241. The Bertz CT molecular complexity index is 921. The number of methoxy groups -OCH3 is 1. The first kappa shape index (κ1) is 20.8. The maximum atomic E-state index is 11.9. The molecular weight excluding hydrogens is 364 g/mol. The van der Waals surface area contributed by atoms with Gasteiger partial charge in [0.25, 0.3) is 0 Å². The van der Waals surface area contributed by atoms with Gasteiger partial charge in [0.1, 0.15) is 0 Å². The van der Waals surface area contributed by atoms with Crippen LogP contribution in [0.15, 0.2) is 36.4 Å². The van der Waals surface area contributed by atoms with Gasteiger partial charge in [0.05, 0.1) is 19.8 Å². The number of carbonyl (C=O) groups excluding carboxylic acids is 1. The third-order valence-corrected chi connectivity index (χ3v) is 4.96. The van der Waals surface area contributed by atoms with E-state index in [4.69, 9.17) is 15.2 Å². The molecule has 0 unspecified atom stereocenters. The molecule has 0 bridgehead atoms. The number of anilines is 1. The number of benzene rings is 2. The fraction of sp³-hybridized carbons (Fsp3) is 0.375. The van der Waals surface area contributed by atoms with Crippen molar-refractivity contribution in [1.82, 2.24) is 0 Å². The zero-order valence-corrected chi connectivity index (χ0v) is 17.1. The van der Waals surface area contributed by atoms with Crippen LogP contribution < -0.4 is 20.5 Å². The molecule has 1 saturated carbocycles. The van der Waals surface area contributed by atoms with Crippen LogP contribution in [0.25, 0.3) is 11.1 Å². The van der Waals surface area contributed by atoms with Crippen LogP contribution in [0.2, 0.25) is 0 Å². The Hall–Kier alpha value is -2.97. The second-order valence-corrected chi connectivity index (χ2v) is 7.06. The highest BCUT2D eigenvalue weighted by Crippen LogP contribution is 2.38. The molecule has 3 N–H and O–H groups in total. The average molecular weight is 392 g/mol. The summed E-state index contributed by atoms with van der Waals surface area (Å²) < 4.78 is 11.7. The molecule has 5 nitrogen and oxygen atoms in total. The molecule has 2 aromatic carbocycles. The fourth-order valence-corrected chi connectivity index (χ4v) is 3.48. The molecule has 0 heterocycles. The van der Waals surface area contributed by atoms with E-state index in [9.17, 15) is 4.79 Å². The minimum Gasteiger partial charge on any atom is -0.493 e. The molecule has 0 spiro atoms. The molecular formula is C24H28N2O3. The smallest absolute Gasteiger partial charge is 0.238 e. The monoisotopic (exact) mass is 392 g/mol. The van der Waals surface area contributed by atoms with Gasteiger partial charge < -0.3 is 20.5 Å². The van der Waals surface area contributed by atoms with Crippen LogP contribution in [-0.4, -0.2) is 25.7 Å². The summed E-state index contributed by atoms with van der Waals surface area (Å²) in [7, 11) is 1.64. The second-order valence-electron chi connectivity index (χ2n) is 7.06. The molecule has 0 radical (unpaired) electrons. The summed E-state index contributed by atoms with van der Waals surface area (Å²) in [5.41, 5.74) is 8.86. The summed E-state index contributed by atoms with van der Waals surface area (Å²) >= 11 is 0. The average Bonchev–Trinajstić information content (AvgIpc) is 3.26. The van der Waals surface area contributed by atoms with Gasteiger partial charge in [-0.3, -0.25) is 4.79 Å². The highest BCUT2D eigenvalue weighted by atomic mass is 16.5. The summed E-state index contributed by atoms with van der Waals surface area (Å²) in [4.78, 5) is 11.9. The Morgan fingerprint density at radius 2 is 1.97 bits per heavy atom. The summed E-state index contributed by atoms with van der Waals surface area (Å²) in [6.45, 7) is 1.94. The van der Waals surface area contributed by atoms with Crippen molar-refractivity contribution in [2.75, 3.05) is 19.0 Å². The number of hydrogen-bond donors (Lipinski definition) is 2. The lowest BCUT2D eigenvalue weighted by molar-refractivity contribution is -0.114. The Labute approximate surface area is 172 Å². The van der Waals surface area contributed by atoms with E-state index in [2.05, 4.69) is 17.2 Å². The number of ether oxygens (including phenoxy) is 2. The van der Waals surface area contributed by atoms with Gasteiger partial charge in [0.15, 0.2) is 11.5 Å². The molecule has 1 aliphatic carbocycles. The number of nitrogens with two attached hydrogens (primary N) is 1. The largest absolute Gasteiger partial charge is 0.493 e. The number of amides is 1. The maximum Gasteiger partial charge on any atom is 0.238 e. The van der Waals surface area contributed by atoms with Crippen molar-refractivity contribution in [2.45, 2.75) is 45.1 Å². The zero-order valence-electron chi connectivity index (χ0n) is 17.1. The Balaban J connectivity index is 2.02. The van der Waals surface area contributed by atoms with Gasteiger partial charge in [-0.05, 0) is 61.6 Å². The lowest BCUT2D eigenvalue weighted by Crippen LogP contribution is -2.22. The molecule has 3 rings (SSSR count). The molecule has 152 valence electrons. The van der Waals surface area contributed by atoms with Gasteiger partial charge in [0, 0.05) is 23.2 Å². The van der Waals surface area contributed by atoms with Crippen LogP contribution in [0.5, 0.6) is 11.5 Å². The van der Waals surface area contributed by atoms with E-state index < -0.39 is 0 Å². The van der Waals surface area contributed by atoms with Crippen LogP contribution >= 0.6 is 0 Å². The Morgan fingerprint density at radius 1 is 1.17 bits per heavy atom. The number of nitrogens with one attached hydrogen (secondary N) is 1. The van der Waals surface area contributed by atoms with E-state index >= 15 is 0 Å². The Kier molecular flexibility index (Phi) is 7.15. The molecule has 0 saturated heterocycles. The molecule has 2 aromatic rings. The third kappa shape index (κ3) is 5.30. The molecule has 0 aromatic heterocycles. The number of carbonyl (C=O) groups is 1. The summed E-state index contributed by atoms with van der Waals surface area (Å²) in [5, 5.41) is 2.88. The lowest BCUT2D eigenvalue weighted by Gasteiger charge is -2.18. The number of rotatable bonds is 6. The predicted molar refractivity (Wildman–Crippen MR) is 116 cm³/mol. The SMILES string of the molecule is CCC#Cc1ccc(NC(=O)CN)c(-c2ccc(OC)c(OC3CCCC3)c2)c1. The zero-order chi connectivity index (χ0) is 20.6. The molecule has 5 heteroatoms. The molecule has 1 fully saturated rings. The molecule has 1 aliphatic rings. The van der Waals surface area contributed by atoms with Gasteiger partial charge in [0.2, 0.25) is 5.91 Å². The van der Waals surface area contributed by atoms with Crippen LogP contribution in [0.3, 0.4) is 0 Å². The second kappa shape index (κ2) is 9.99. The fourth-order valence-electron chi connectivity index (χ4n) is 3.48. The van der Waals surface area contributed by atoms with Crippen molar-refractivity contribution in [1.29, 1.82) is 0 Å². The quantitative estimate of drug-likeness (QED) is 0.717. The van der Waals surface area contributed by atoms with Gasteiger partial charge in [-0.25, -0.2) is 0 Å². The lowest BCUT2D eigenvalue weighted by atomic mass is 10.00. The van der Waals surface area contributed by atoms with Crippen LogP contribution in [0, 0.1) is 11.8 Å². The summed E-state index contributed by atoms with van der Waals surface area (Å²) in [6.07, 6.45) is 5.52. The topological polar surface area (TPSA) is 73.6 Å². The molecule has 0 aliphatic heterocycles. The van der Waals surface area contributed by atoms with E-state index in [-0.39, 0.29) is 18.6 Å². The molecule has 0 atom stereocenters. The first-order valence-electron chi connectivity index (χ1n) is 10.1. The molecule has 1 amide bonds. The summed E-state index contributed by atoms with van der Waals surface area (Å²) in [5.74, 6) is 7.43. The third-order valence-electron chi connectivity index (χ3n) is 4.96. The van der Waals surface area contributed by atoms with Crippen LogP contribution in [-0.2, 0) is 4.79 Å². The highest BCUT2D eigenvalue weighted by Gasteiger charge is 2.19. The number of hydrogen-bond acceptors (Lipinski definition) is 4. The summed E-state index contributed by atoms with van der Waals surface area (Å²) in [6, 6.07) is 11.6. The van der Waals surface area contributed by atoms with E-state index in [1.54, 1.807) is 7.11 Å². The van der Waals surface area contributed by atoms with E-state index in [1.807, 2.05) is 43.3 Å². The standard InChI is InChI=1S/C24H28N2O3/c1-3-4-7-17-10-12-21(26-24(27)16-25)20(14-17)18-11-13-22(28-2)23(15-18)29-19-8-5-6-9-19/h10-15,19H,3,5-6,8-9,16,25H2,1-2H3,(H,26,27). The van der Waals surface area contributed by atoms with Crippen LogP contribution in [0.1, 0.15) is 44.6 Å². The van der Waals surface area contributed by atoms with Gasteiger partial charge >= 0.3 is 0 Å². The van der Waals surface area contributed by atoms with Crippen molar-refractivity contribution >= 4 is 11.6 Å². The molecule has 29 heavy (non-hydrogen) atoms. The van der Waals surface area contributed by atoms with Crippen molar-refractivity contribution < 1.29 is 14.3 Å². The first-order valence-corrected chi connectivity index (χ1v) is 10.1. The van der Waals surface area contributed by atoms with Crippen molar-refractivity contribution in [3.8, 4) is 34.5 Å². The highest BCUT2D eigenvalue weighted by molar-refractivity contribution is 5.97. The normalized spacial score (nSPS) is 13.5. The van der Waals surface area contributed by atoms with Crippen LogP contribution in [0.4, 0.5) is 5.69 Å².